The van der Waals surface area contributed by atoms with Crippen LogP contribution in [0.4, 0.5) is 0 Å². The SMILES string of the molecule is CCCCCCCC/C=C\CCCCCCCC(=O)OCC(CO)OC(=O)[C@@H]1CCC(=O)N1. The van der Waals surface area contributed by atoms with Gasteiger partial charge in [0.05, 0.1) is 6.61 Å². The molecule has 0 aromatic heterocycles. The van der Waals surface area contributed by atoms with E-state index in [0.717, 1.165) is 32.1 Å². The van der Waals surface area contributed by atoms with Crippen molar-refractivity contribution in [3.8, 4) is 0 Å². The predicted octanol–water partition coefficient (Wildman–Crippen LogP) is 4.75. The summed E-state index contributed by atoms with van der Waals surface area (Å²) in [5.41, 5.74) is 0. The van der Waals surface area contributed by atoms with Crippen LogP contribution in [0.2, 0.25) is 0 Å². The summed E-state index contributed by atoms with van der Waals surface area (Å²) in [4.78, 5) is 35.0. The van der Waals surface area contributed by atoms with Crippen molar-refractivity contribution in [3.63, 3.8) is 0 Å². The van der Waals surface area contributed by atoms with Crippen molar-refractivity contribution in [2.45, 2.75) is 122 Å². The molecule has 0 aromatic carbocycles. The van der Waals surface area contributed by atoms with Gasteiger partial charge in [0.15, 0.2) is 6.10 Å². The van der Waals surface area contributed by atoms with E-state index in [1.54, 1.807) is 0 Å². The normalized spacial score (nSPS) is 16.7. The molecule has 1 saturated heterocycles. The van der Waals surface area contributed by atoms with Gasteiger partial charge in [-0.3, -0.25) is 9.59 Å². The van der Waals surface area contributed by atoms with Gasteiger partial charge in [-0.1, -0.05) is 70.4 Å². The van der Waals surface area contributed by atoms with E-state index in [1.807, 2.05) is 0 Å². The van der Waals surface area contributed by atoms with E-state index in [-0.39, 0.29) is 24.9 Å². The zero-order valence-corrected chi connectivity index (χ0v) is 20.5. The maximum absolute atomic E-state index is 11.9. The summed E-state index contributed by atoms with van der Waals surface area (Å²) in [5, 5.41) is 11.9. The van der Waals surface area contributed by atoms with Gasteiger partial charge in [-0.2, -0.15) is 0 Å². The van der Waals surface area contributed by atoms with Crippen LogP contribution in [0.5, 0.6) is 0 Å². The highest BCUT2D eigenvalue weighted by Gasteiger charge is 2.30. The molecular formula is C26H45NO6. The highest BCUT2D eigenvalue weighted by atomic mass is 16.6. The van der Waals surface area contributed by atoms with Gasteiger partial charge in [-0.05, 0) is 38.5 Å². The molecule has 1 aliphatic rings. The Morgan fingerprint density at radius 3 is 2.18 bits per heavy atom. The van der Waals surface area contributed by atoms with E-state index in [9.17, 15) is 19.5 Å². The Morgan fingerprint density at radius 1 is 1.00 bits per heavy atom. The second kappa shape index (κ2) is 19.6. The molecule has 0 saturated carbocycles. The number of rotatable bonds is 20. The average molecular weight is 468 g/mol. The molecule has 0 bridgehead atoms. The van der Waals surface area contributed by atoms with Crippen LogP contribution in [-0.4, -0.2) is 48.3 Å². The number of esters is 2. The van der Waals surface area contributed by atoms with Crippen molar-refractivity contribution < 1.29 is 29.0 Å². The topological polar surface area (TPSA) is 102 Å². The number of aliphatic hydroxyl groups excluding tert-OH is 1. The van der Waals surface area contributed by atoms with Gasteiger partial charge < -0.3 is 19.9 Å². The Morgan fingerprint density at radius 2 is 1.61 bits per heavy atom. The van der Waals surface area contributed by atoms with E-state index >= 15 is 0 Å². The number of hydrogen-bond donors (Lipinski definition) is 2. The van der Waals surface area contributed by atoms with Crippen molar-refractivity contribution in [1.82, 2.24) is 5.32 Å². The Kier molecular flexibility index (Phi) is 17.3. The van der Waals surface area contributed by atoms with Crippen LogP contribution in [0.15, 0.2) is 12.2 Å². The first-order chi connectivity index (χ1) is 16.1. The second-order valence-corrected chi connectivity index (χ2v) is 8.92. The van der Waals surface area contributed by atoms with Gasteiger partial charge in [0.2, 0.25) is 5.91 Å². The lowest BCUT2D eigenvalue weighted by Gasteiger charge is -2.18. The Bertz CT molecular complexity index is 577. The Hall–Kier alpha value is -1.89. The lowest BCUT2D eigenvalue weighted by molar-refractivity contribution is -0.163. The molecule has 2 N–H and O–H groups in total. The lowest BCUT2D eigenvalue weighted by Crippen LogP contribution is -2.39. The quantitative estimate of drug-likeness (QED) is 0.152. The van der Waals surface area contributed by atoms with Crippen molar-refractivity contribution in [2.75, 3.05) is 13.2 Å². The maximum Gasteiger partial charge on any atom is 0.329 e. The summed E-state index contributed by atoms with van der Waals surface area (Å²) >= 11 is 0. The van der Waals surface area contributed by atoms with Crippen LogP contribution in [0.1, 0.15) is 110 Å². The van der Waals surface area contributed by atoms with E-state index in [2.05, 4.69) is 24.4 Å². The number of aliphatic hydroxyl groups is 1. The van der Waals surface area contributed by atoms with Crippen LogP contribution in [0.25, 0.3) is 0 Å². The molecule has 1 unspecified atom stereocenters. The molecule has 7 heteroatoms. The number of carbonyl (C=O) groups excluding carboxylic acids is 3. The first kappa shape index (κ1) is 29.1. The molecule has 2 atom stereocenters. The highest BCUT2D eigenvalue weighted by Crippen LogP contribution is 2.12. The third kappa shape index (κ3) is 15.6. The maximum atomic E-state index is 11.9. The van der Waals surface area contributed by atoms with Crippen LogP contribution in [0.3, 0.4) is 0 Å². The van der Waals surface area contributed by atoms with Crippen molar-refractivity contribution in [3.05, 3.63) is 12.2 Å². The summed E-state index contributed by atoms with van der Waals surface area (Å²) < 4.78 is 10.3. The molecule has 33 heavy (non-hydrogen) atoms. The first-order valence-corrected chi connectivity index (χ1v) is 13.0. The van der Waals surface area contributed by atoms with Gasteiger partial charge >= 0.3 is 11.9 Å². The minimum Gasteiger partial charge on any atom is -0.462 e. The number of ether oxygens (including phenoxy) is 2. The average Bonchev–Trinajstić information content (AvgIpc) is 3.25. The summed E-state index contributed by atoms with van der Waals surface area (Å²) in [7, 11) is 0. The van der Waals surface area contributed by atoms with Crippen LogP contribution in [0, 0.1) is 0 Å². The molecular weight excluding hydrogens is 422 g/mol. The molecule has 7 nitrogen and oxygen atoms in total. The molecule has 0 spiro atoms. The first-order valence-electron chi connectivity index (χ1n) is 13.0. The Labute approximate surface area is 199 Å². The van der Waals surface area contributed by atoms with Gasteiger partial charge in [0, 0.05) is 12.8 Å². The van der Waals surface area contributed by atoms with E-state index < -0.39 is 24.7 Å². The minimum atomic E-state index is -0.909. The molecule has 1 fully saturated rings. The molecule has 190 valence electrons. The number of carbonyl (C=O) groups is 3. The van der Waals surface area contributed by atoms with Crippen LogP contribution < -0.4 is 5.32 Å². The monoisotopic (exact) mass is 467 g/mol. The van der Waals surface area contributed by atoms with E-state index in [1.165, 1.54) is 51.4 Å². The van der Waals surface area contributed by atoms with Gasteiger partial charge in [0.1, 0.15) is 12.6 Å². The summed E-state index contributed by atoms with van der Waals surface area (Å²) in [6, 6.07) is -0.682. The van der Waals surface area contributed by atoms with E-state index in [0.29, 0.717) is 12.8 Å². The van der Waals surface area contributed by atoms with Gasteiger partial charge in [-0.15, -0.1) is 0 Å². The third-order valence-electron chi connectivity index (χ3n) is 5.84. The Balaban J connectivity index is 1.94. The number of amides is 1. The molecule has 1 rings (SSSR count). The predicted molar refractivity (Wildman–Crippen MR) is 129 cm³/mol. The fraction of sp³-hybridized carbons (Fsp3) is 0.808. The largest absolute Gasteiger partial charge is 0.462 e. The lowest BCUT2D eigenvalue weighted by atomic mass is 10.1. The van der Waals surface area contributed by atoms with Gasteiger partial charge in [0.25, 0.3) is 0 Å². The number of hydrogen-bond acceptors (Lipinski definition) is 6. The molecule has 0 aliphatic carbocycles. The summed E-state index contributed by atoms with van der Waals surface area (Å²) in [6.07, 6.45) is 20.3. The zero-order chi connectivity index (χ0) is 24.2. The molecule has 1 amide bonds. The zero-order valence-electron chi connectivity index (χ0n) is 20.5. The van der Waals surface area contributed by atoms with E-state index in [4.69, 9.17) is 9.47 Å². The number of unbranched alkanes of at least 4 members (excludes halogenated alkanes) is 11. The standard InChI is InChI=1S/C26H45NO6/c1-2-3-4-5-6-7-8-9-10-11-12-13-14-15-16-17-25(30)32-21-22(20-28)33-26(31)23-18-19-24(29)27-23/h9-10,22-23,28H,2-8,11-21H2,1H3,(H,27,29)/b10-9-/t22?,23-/m0/s1. The number of allylic oxidation sites excluding steroid dienone is 2. The second-order valence-electron chi connectivity index (χ2n) is 8.92. The fourth-order valence-electron chi connectivity index (χ4n) is 3.76. The fourth-order valence-corrected chi connectivity index (χ4v) is 3.76. The van der Waals surface area contributed by atoms with Gasteiger partial charge in [-0.25, -0.2) is 4.79 Å². The summed E-state index contributed by atoms with van der Waals surface area (Å²) in [5.74, 6) is -1.15. The van der Waals surface area contributed by atoms with Crippen LogP contribution >= 0.6 is 0 Å². The summed E-state index contributed by atoms with van der Waals surface area (Å²) in [6.45, 7) is 1.64. The molecule has 0 aromatic rings. The smallest absolute Gasteiger partial charge is 0.329 e. The third-order valence-corrected chi connectivity index (χ3v) is 5.84. The van der Waals surface area contributed by atoms with Crippen LogP contribution in [-0.2, 0) is 23.9 Å². The van der Waals surface area contributed by atoms with Crippen molar-refractivity contribution in [1.29, 1.82) is 0 Å². The minimum absolute atomic E-state index is 0.174. The molecule has 1 heterocycles. The highest BCUT2D eigenvalue weighted by molar-refractivity contribution is 5.88. The molecule has 0 radical (unpaired) electrons. The number of nitrogens with one attached hydrogen (secondary N) is 1. The van der Waals surface area contributed by atoms with Crippen molar-refractivity contribution >= 4 is 17.8 Å². The van der Waals surface area contributed by atoms with Crippen molar-refractivity contribution in [2.24, 2.45) is 0 Å². The molecule has 1 aliphatic heterocycles.